The molecular weight excluding hydrogens is 349 g/mol. The topological polar surface area (TPSA) is 48.6 Å². The summed E-state index contributed by atoms with van der Waals surface area (Å²) in [6.07, 6.45) is 0. The van der Waals surface area contributed by atoms with Crippen molar-refractivity contribution < 1.29 is 13.2 Å². The van der Waals surface area contributed by atoms with E-state index in [4.69, 9.17) is 0 Å². The van der Waals surface area contributed by atoms with Gasteiger partial charge in [0.1, 0.15) is 17.5 Å². The van der Waals surface area contributed by atoms with Crippen molar-refractivity contribution in [3.8, 4) is 0 Å². The first-order valence-electron chi connectivity index (χ1n) is 5.96. The maximum absolute atomic E-state index is 13.8. The van der Waals surface area contributed by atoms with Gasteiger partial charge >= 0.3 is 5.69 Å². The molecule has 3 aromatic rings. The zero-order valence-electron chi connectivity index (χ0n) is 10.4. The van der Waals surface area contributed by atoms with E-state index in [1.165, 1.54) is 0 Å². The number of halogens is 4. The molecule has 1 aromatic heterocycles. The summed E-state index contributed by atoms with van der Waals surface area (Å²) in [6.45, 7) is 0. The summed E-state index contributed by atoms with van der Waals surface area (Å²) in [5, 5.41) is 0. The Hall–Kier alpha value is -2.02. The van der Waals surface area contributed by atoms with Crippen LogP contribution in [0, 0.1) is 17.5 Å². The fourth-order valence-electron chi connectivity index (χ4n) is 2.17. The zero-order chi connectivity index (χ0) is 15.1. The Morgan fingerprint density at radius 2 is 1.57 bits per heavy atom. The van der Waals surface area contributed by atoms with Crippen LogP contribution in [0.5, 0.6) is 0 Å². The average molecular weight is 357 g/mol. The second-order valence-electron chi connectivity index (χ2n) is 4.53. The van der Waals surface area contributed by atoms with Gasteiger partial charge in [0.25, 0.3) is 0 Å². The second-order valence-corrected chi connectivity index (χ2v) is 5.45. The van der Waals surface area contributed by atoms with Gasteiger partial charge in [-0.25, -0.2) is 18.0 Å². The highest BCUT2D eigenvalue weighted by atomic mass is 79.9. The lowest BCUT2D eigenvalue weighted by atomic mass is 10.0. The quantitative estimate of drug-likeness (QED) is 0.675. The number of nitrogens with one attached hydrogen (secondary N) is 2. The molecule has 0 fully saturated rings. The number of imidazole rings is 1. The summed E-state index contributed by atoms with van der Waals surface area (Å²) in [7, 11) is 0. The first-order chi connectivity index (χ1) is 9.95. The minimum absolute atomic E-state index is 0.284. The molecule has 0 aliphatic carbocycles. The second kappa shape index (κ2) is 5.07. The summed E-state index contributed by atoms with van der Waals surface area (Å²) in [5.41, 5.74) is 0.983. The first kappa shape index (κ1) is 13.9. The van der Waals surface area contributed by atoms with Crippen LogP contribution in [0.15, 0.2) is 35.1 Å². The number of H-pyrrole nitrogens is 2. The van der Waals surface area contributed by atoms with E-state index in [2.05, 4.69) is 25.9 Å². The summed E-state index contributed by atoms with van der Waals surface area (Å²) < 4.78 is 40.5. The molecule has 2 aromatic carbocycles. The number of aromatic amines is 2. The number of benzene rings is 2. The lowest BCUT2D eigenvalue weighted by Gasteiger charge is -2.13. The predicted octanol–water partition coefficient (Wildman–Crippen LogP) is 3.76. The number of fused-ring (bicyclic) bond motifs is 1. The molecule has 0 aliphatic rings. The van der Waals surface area contributed by atoms with Crippen molar-refractivity contribution in [1.82, 2.24) is 9.97 Å². The Labute approximate surface area is 124 Å². The summed E-state index contributed by atoms with van der Waals surface area (Å²) >= 11 is 3.21. The van der Waals surface area contributed by atoms with E-state index in [-0.39, 0.29) is 11.3 Å². The van der Waals surface area contributed by atoms with Gasteiger partial charge in [-0.1, -0.05) is 22.0 Å². The Kier molecular flexibility index (Phi) is 3.36. The third kappa shape index (κ3) is 2.49. The highest BCUT2D eigenvalue weighted by Crippen LogP contribution is 2.35. The molecule has 3 rings (SSSR count). The molecule has 0 aliphatic heterocycles. The number of aromatic nitrogens is 2. The van der Waals surface area contributed by atoms with Gasteiger partial charge in [0.2, 0.25) is 0 Å². The Morgan fingerprint density at radius 1 is 0.952 bits per heavy atom. The zero-order valence-corrected chi connectivity index (χ0v) is 12.0. The fourth-order valence-corrected chi connectivity index (χ4v) is 2.89. The number of rotatable bonds is 2. The van der Waals surface area contributed by atoms with Crippen molar-refractivity contribution in [3.05, 3.63) is 69.4 Å². The predicted molar refractivity (Wildman–Crippen MR) is 76.0 cm³/mol. The minimum Gasteiger partial charge on any atom is -0.306 e. The van der Waals surface area contributed by atoms with Gasteiger partial charge in [0.15, 0.2) is 0 Å². The molecule has 1 atom stereocenters. The van der Waals surface area contributed by atoms with Crippen LogP contribution in [0.2, 0.25) is 0 Å². The molecule has 0 radical (unpaired) electrons. The summed E-state index contributed by atoms with van der Waals surface area (Å²) in [5.74, 6) is -2.92. The molecule has 7 heteroatoms. The first-order valence-corrected chi connectivity index (χ1v) is 6.88. The van der Waals surface area contributed by atoms with E-state index in [9.17, 15) is 18.0 Å². The third-order valence-corrected chi connectivity index (χ3v) is 4.12. The van der Waals surface area contributed by atoms with E-state index in [1.807, 2.05) is 0 Å². The average Bonchev–Trinajstić information content (AvgIpc) is 2.76. The Balaban J connectivity index is 2.11. The van der Waals surface area contributed by atoms with Gasteiger partial charge in [0, 0.05) is 17.7 Å². The van der Waals surface area contributed by atoms with Gasteiger partial charge < -0.3 is 9.97 Å². The molecule has 1 unspecified atom stereocenters. The highest BCUT2D eigenvalue weighted by Gasteiger charge is 2.21. The van der Waals surface area contributed by atoms with Gasteiger partial charge in [-0.2, -0.15) is 0 Å². The summed E-state index contributed by atoms with van der Waals surface area (Å²) in [6, 6.07) is 6.09. The van der Waals surface area contributed by atoms with Crippen molar-refractivity contribution in [1.29, 1.82) is 0 Å². The standard InChI is InChI=1S/C14H8BrF3N2O/c15-13(12-8(17)4-7(16)5-9(12)18)6-1-2-10-11(3-6)20-14(21)19-10/h1-5,13H,(H2,19,20,21). The number of hydrogen-bond donors (Lipinski definition) is 2. The molecule has 2 N–H and O–H groups in total. The van der Waals surface area contributed by atoms with E-state index in [0.29, 0.717) is 28.7 Å². The molecule has 0 saturated carbocycles. The number of hydrogen-bond acceptors (Lipinski definition) is 1. The highest BCUT2D eigenvalue weighted by molar-refractivity contribution is 9.09. The largest absolute Gasteiger partial charge is 0.323 e. The van der Waals surface area contributed by atoms with Crippen LogP contribution < -0.4 is 5.69 Å². The van der Waals surface area contributed by atoms with Crippen LogP contribution in [0.1, 0.15) is 16.0 Å². The third-order valence-electron chi connectivity index (χ3n) is 3.13. The minimum atomic E-state index is -0.975. The lowest BCUT2D eigenvalue weighted by Crippen LogP contribution is -2.02. The van der Waals surface area contributed by atoms with Crippen LogP contribution in [-0.4, -0.2) is 9.97 Å². The SMILES string of the molecule is O=c1[nH]c2ccc(C(Br)c3c(F)cc(F)cc3F)cc2[nH]1. The molecule has 0 saturated heterocycles. The Bertz CT molecular complexity index is 864. The number of alkyl halides is 1. The van der Waals surface area contributed by atoms with Gasteiger partial charge in [-0.3, -0.25) is 0 Å². The molecule has 3 nitrogen and oxygen atoms in total. The lowest BCUT2D eigenvalue weighted by molar-refractivity contribution is 0.527. The van der Waals surface area contributed by atoms with Crippen molar-refractivity contribution in [2.75, 3.05) is 0 Å². The van der Waals surface area contributed by atoms with Crippen LogP contribution in [-0.2, 0) is 0 Å². The van der Waals surface area contributed by atoms with E-state index >= 15 is 0 Å². The maximum atomic E-state index is 13.8. The van der Waals surface area contributed by atoms with Crippen molar-refractivity contribution in [2.45, 2.75) is 4.83 Å². The molecular formula is C14H8BrF3N2O. The Morgan fingerprint density at radius 3 is 2.24 bits per heavy atom. The van der Waals surface area contributed by atoms with Crippen LogP contribution in [0.25, 0.3) is 11.0 Å². The van der Waals surface area contributed by atoms with Crippen molar-refractivity contribution in [2.24, 2.45) is 0 Å². The normalized spacial score (nSPS) is 12.8. The van der Waals surface area contributed by atoms with E-state index in [0.717, 1.165) is 0 Å². The molecule has 21 heavy (non-hydrogen) atoms. The van der Waals surface area contributed by atoms with Crippen molar-refractivity contribution >= 4 is 27.0 Å². The summed E-state index contributed by atoms with van der Waals surface area (Å²) in [4.78, 5) is 15.5. The molecule has 1 heterocycles. The molecule has 0 amide bonds. The molecule has 0 spiro atoms. The molecule has 0 bridgehead atoms. The smallest absolute Gasteiger partial charge is 0.306 e. The van der Waals surface area contributed by atoms with Gasteiger partial charge in [-0.05, 0) is 17.7 Å². The van der Waals surface area contributed by atoms with Gasteiger partial charge in [0.05, 0.1) is 15.9 Å². The monoisotopic (exact) mass is 356 g/mol. The van der Waals surface area contributed by atoms with Crippen LogP contribution in [0.4, 0.5) is 13.2 Å². The molecule has 108 valence electrons. The van der Waals surface area contributed by atoms with E-state index in [1.54, 1.807) is 18.2 Å². The maximum Gasteiger partial charge on any atom is 0.323 e. The van der Waals surface area contributed by atoms with E-state index < -0.39 is 22.3 Å². The van der Waals surface area contributed by atoms with Gasteiger partial charge in [-0.15, -0.1) is 0 Å². The van der Waals surface area contributed by atoms with Crippen LogP contribution in [0.3, 0.4) is 0 Å². The van der Waals surface area contributed by atoms with Crippen LogP contribution >= 0.6 is 15.9 Å². The fraction of sp³-hybridized carbons (Fsp3) is 0.0714. The van der Waals surface area contributed by atoms with Crippen molar-refractivity contribution in [3.63, 3.8) is 0 Å².